The number of Topliss-reactive ketones (excluding diaryl/α,β-unsaturated/α-hetero) is 1. The van der Waals surface area contributed by atoms with Crippen LogP contribution in [0.25, 0.3) is 0 Å². The second kappa shape index (κ2) is 16.9. The summed E-state index contributed by atoms with van der Waals surface area (Å²) in [7, 11) is 5.15. The van der Waals surface area contributed by atoms with Gasteiger partial charge in [0.15, 0.2) is 23.0 Å². The lowest BCUT2D eigenvalue weighted by molar-refractivity contribution is -0.121. The highest BCUT2D eigenvalue weighted by atomic mass is 16.5. The van der Waals surface area contributed by atoms with E-state index in [0.29, 0.717) is 71.4 Å². The number of rotatable bonds is 14. The zero-order valence-corrected chi connectivity index (χ0v) is 35.8. The average Bonchev–Trinajstić information content (AvgIpc) is 3.78. The maximum atomic E-state index is 14.0. The van der Waals surface area contributed by atoms with Crippen molar-refractivity contribution in [2.45, 2.75) is 64.8 Å². The van der Waals surface area contributed by atoms with E-state index in [1.807, 2.05) is 85.4 Å². The van der Waals surface area contributed by atoms with Crippen LogP contribution in [0.4, 0.5) is 28.4 Å². The number of benzene rings is 5. The van der Waals surface area contributed by atoms with E-state index in [1.165, 1.54) is 5.56 Å². The predicted molar refractivity (Wildman–Crippen MR) is 242 cm³/mol. The van der Waals surface area contributed by atoms with Gasteiger partial charge < -0.3 is 34.1 Å². The first-order valence-corrected chi connectivity index (χ1v) is 21.3. The first-order chi connectivity index (χ1) is 30.1. The summed E-state index contributed by atoms with van der Waals surface area (Å²) >= 11 is 0. The van der Waals surface area contributed by atoms with Crippen molar-refractivity contribution in [3.63, 3.8) is 0 Å². The Labute approximate surface area is 362 Å². The standard InChI is InChI=1S/C50H51N5O7/c1-30(2)44(56)15-10-16-53(3)35-18-31(28-61-47-24-40-38(22-45(47)59-4)49(57)54-36(26-51-40)20-33-11-6-8-13-42(33)54)17-32(19-35)29-62-48-25-41-39(23-46(48)60-5)50(58)55-37(27-52-41)21-34-12-7-9-14-43(34)55/h6-9,11-14,17-19,22-26,30,36-37,52H,10,15-16,20-21,27-29H2,1-5H3/t36-,37-/m0/s1. The van der Waals surface area contributed by atoms with Gasteiger partial charge >= 0.3 is 0 Å². The van der Waals surface area contributed by atoms with E-state index in [2.05, 4.69) is 34.5 Å². The molecule has 0 saturated carbocycles. The van der Waals surface area contributed by atoms with Crippen LogP contribution in [-0.4, -0.2) is 70.3 Å². The van der Waals surface area contributed by atoms with Gasteiger partial charge in [0.2, 0.25) is 0 Å². The molecule has 0 unspecified atom stereocenters. The molecule has 0 bridgehead atoms. The Bertz CT molecular complexity index is 2610. The van der Waals surface area contributed by atoms with Gasteiger partial charge in [0.1, 0.15) is 19.0 Å². The molecule has 4 aliphatic rings. The minimum atomic E-state index is -0.174. The van der Waals surface area contributed by atoms with Crippen LogP contribution >= 0.6 is 0 Å². The topological polar surface area (TPSA) is 122 Å². The van der Waals surface area contributed by atoms with Crippen LogP contribution in [0.1, 0.15) is 69.7 Å². The Balaban J connectivity index is 0.969. The van der Waals surface area contributed by atoms with Gasteiger partial charge in [0, 0.05) is 74.3 Å². The molecule has 1 N–H and O–H groups in total. The third-order valence-corrected chi connectivity index (χ3v) is 12.3. The molecule has 0 saturated heterocycles. The van der Waals surface area contributed by atoms with Crippen molar-refractivity contribution in [1.82, 2.24) is 0 Å². The summed E-state index contributed by atoms with van der Waals surface area (Å²) < 4.78 is 24.6. The van der Waals surface area contributed by atoms with Gasteiger partial charge in [-0.25, -0.2) is 0 Å². The number of carbonyl (C=O) groups excluding carboxylic acids is 3. The number of nitrogens with one attached hydrogen (secondary N) is 1. The van der Waals surface area contributed by atoms with Gasteiger partial charge in [-0.2, -0.15) is 0 Å². The summed E-state index contributed by atoms with van der Waals surface area (Å²) in [6, 6.07) is 29.1. The van der Waals surface area contributed by atoms with Crippen LogP contribution in [0.2, 0.25) is 0 Å². The lowest BCUT2D eigenvalue weighted by Crippen LogP contribution is -2.39. The number of hydrogen-bond donors (Lipinski definition) is 1. The van der Waals surface area contributed by atoms with Crippen LogP contribution in [0.3, 0.4) is 0 Å². The summed E-state index contributed by atoms with van der Waals surface area (Å²) in [6.45, 7) is 5.53. The molecule has 9 rings (SSSR count). The lowest BCUT2D eigenvalue weighted by Gasteiger charge is -2.23. The van der Waals surface area contributed by atoms with Gasteiger partial charge in [0.05, 0.1) is 48.8 Å². The lowest BCUT2D eigenvalue weighted by atomic mass is 10.0. The number of carbonyl (C=O) groups is 3. The van der Waals surface area contributed by atoms with Gasteiger partial charge in [-0.1, -0.05) is 50.2 Å². The second-order valence-electron chi connectivity index (χ2n) is 16.7. The monoisotopic (exact) mass is 833 g/mol. The number of amides is 2. The number of ether oxygens (including phenoxy) is 4. The van der Waals surface area contributed by atoms with Crippen molar-refractivity contribution in [1.29, 1.82) is 0 Å². The maximum absolute atomic E-state index is 14.0. The number of aliphatic imine (C=N–C) groups is 1. The van der Waals surface area contributed by atoms with E-state index < -0.39 is 0 Å². The zero-order valence-electron chi connectivity index (χ0n) is 35.8. The van der Waals surface area contributed by atoms with Crippen molar-refractivity contribution in [3.8, 4) is 23.0 Å². The highest BCUT2D eigenvalue weighted by Gasteiger charge is 2.38. The number of hydrogen-bond acceptors (Lipinski definition) is 10. The van der Waals surface area contributed by atoms with Crippen LogP contribution in [-0.2, 0) is 30.8 Å². The number of nitrogens with zero attached hydrogens (tertiary/aromatic N) is 4. The molecule has 62 heavy (non-hydrogen) atoms. The van der Waals surface area contributed by atoms with E-state index in [4.69, 9.17) is 23.9 Å². The molecule has 0 radical (unpaired) electrons. The van der Waals surface area contributed by atoms with Gasteiger partial charge in [-0.3, -0.25) is 24.3 Å². The Morgan fingerprint density at radius 1 is 0.774 bits per heavy atom. The van der Waals surface area contributed by atoms with Gasteiger partial charge in [-0.15, -0.1) is 0 Å². The largest absolute Gasteiger partial charge is 0.493 e. The summed E-state index contributed by atoms with van der Waals surface area (Å²) in [4.78, 5) is 51.1. The molecule has 318 valence electrons. The number of methoxy groups -OCH3 is 2. The molecular formula is C50H51N5O7. The fourth-order valence-electron chi connectivity index (χ4n) is 8.96. The molecule has 0 spiro atoms. The van der Waals surface area contributed by atoms with Crippen LogP contribution < -0.4 is 39.0 Å². The van der Waals surface area contributed by atoms with Gasteiger partial charge in [-0.05, 0) is 77.6 Å². The molecule has 4 heterocycles. The Morgan fingerprint density at radius 2 is 1.39 bits per heavy atom. The molecule has 0 fully saturated rings. The van der Waals surface area contributed by atoms with Crippen molar-refractivity contribution >= 4 is 52.2 Å². The van der Waals surface area contributed by atoms with Crippen LogP contribution in [0.5, 0.6) is 23.0 Å². The van der Waals surface area contributed by atoms with Crippen LogP contribution in [0, 0.1) is 5.92 Å². The fraction of sp³-hybridized carbons (Fsp3) is 0.320. The molecule has 2 atom stereocenters. The van der Waals surface area contributed by atoms with Gasteiger partial charge in [0.25, 0.3) is 11.8 Å². The Hall–Kier alpha value is -6.82. The summed E-state index contributed by atoms with van der Waals surface area (Å²) in [5.41, 5.74) is 9.02. The van der Waals surface area contributed by atoms with E-state index in [9.17, 15) is 14.4 Å². The Kier molecular flexibility index (Phi) is 11.1. The average molecular weight is 834 g/mol. The molecule has 5 aromatic rings. The van der Waals surface area contributed by atoms with Crippen LogP contribution in [0.15, 0.2) is 96.0 Å². The first kappa shape index (κ1) is 40.6. The van der Waals surface area contributed by atoms with Crippen molar-refractivity contribution in [2.24, 2.45) is 10.9 Å². The highest BCUT2D eigenvalue weighted by Crippen LogP contribution is 2.43. The second-order valence-corrected chi connectivity index (χ2v) is 16.7. The SMILES string of the molecule is COc1cc2c(cc1OCc1cc(COc3cc4c(cc3OC)C(=O)N3c5ccccc5C[C@H]3CN4)cc(N(C)CCCC(=O)C(C)C)c1)N=C[C@@H]1Cc3ccccc3N1C2=O. The summed E-state index contributed by atoms with van der Waals surface area (Å²) in [5, 5.41) is 3.51. The molecule has 0 aliphatic carbocycles. The normalized spacial score (nSPS) is 16.9. The molecule has 2 amide bonds. The fourth-order valence-corrected chi connectivity index (χ4v) is 8.96. The number of ketones is 1. The van der Waals surface area contributed by atoms with Crippen molar-refractivity contribution in [3.05, 3.63) is 124 Å². The number of anilines is 4. The molecule has 12 heteroatoms. The predicted octanol–water partition coefficient (Wildman–Crippen LogP) is 8.59. The van der Waals surface area contributed by atoms with E-state index in [1.54, 1.807) is 32.4 Å². The summed E-state index contributed by atoms with van der Waals surface area (Å²) in [6.07, 6.45) is 4.56. The van der Waals surface area contributed by atoms with Crippen molar-refractivity contribution < 1.29 is 33.3 Å². The molecule has 12 nitrogen and oxygen atoms in total. The van der Waals surface area contributed by atoms with E-state index in [-0.39, 0.29) is 48.8 Å². The molecule has 4 aliphatic heterocycles. The Morgan fingerprint density at radius 3 is 2.06 bits per heavy atom. The van der Waals surface area contributed by atoms with E-state index >= 15 is 0 Å². The quantitative estimate of drug-likeness (QED) is 0.117. The third-order valence-electron chi connectivity index (χ3n) is 12.3. The summed E-state index contributed by atoms with van der Waals surface area (Å²) in [5.74, 6) is 1.89. The first-order valence-electron chi connectivity index (χ1n) is 21.3. The molecule has 5 aromatic carbocycles. The zero-order chi connectivity index (χ0) is 43.1. The van der Waals surface area contributed by atoms with Crippen molar-refractivity contribution in [2.75, 3.05) is 54.4 Å². The minimum Gasteiger partial charge on any atom is -0.493 e. The third kappa shape index (κ3) is 7.69. The van der Waals surface area contributed by atoms with E-state index in [0.717, 1.165) is 46.6 Å². The number of para-hydroxylation sites is 2. The highest BCUT2D eigenvalue weighted by molar-refractivity contribution is 6.15. The molecule has 0 aromatic heterocycles. The smallest absolute Gasteiger partial charge is 0.261 e. The maximum Gasteiger partial charge on any atom is 0.261 e. The minimum absolute atomic E-state index is 0.000632. The molecular weight excluding hydrogens is 783 g/mol. The number of fused-ring (bicyclic) bond motifs is 8.